The van der Waals surface area contributed by atoms with E-state index in [0.717, 1.165) is 55.8 Å². The summed E-state index contributed by atoms with van der Waals surface area (Å²) in [6.45, 7) is 6.50. The lowest BCUT2D eigenvalue weighted by Crippen LogP contribution is -2.52. The molecule has 0 bridgehead atoms. The zero-order valence-corrected chi connectivity index (χ0v) is 18.3. The van der Waals surface area contributed by atoms with Gasteiger partial charge in [0, 0.05) is 63.0 Å². The smallest absolute Gasteiger partial charge is 0.193 e. The van der Waals surface area contributed by atoms with Gasteiger partial charge in [0.05, 0.1) is 5.01 Å². The topological polar surface area (TPSA) is 43.8 Å². The number of thiazole rings is 1. The van der Waals surface area contributed by atoms with Crippen molar-refractivity contribution in [2.24, 2.45) is 4.99 Å². The molecule has 0 radical (unpaired) electrons. The lowest BCUT2D eigenvalue weighted by atomic mass is 10.2. The van der Waals surface area contributed by atoms with Crippen LogP contribution in [0.15, 0.2) is 35.5 Å². The third kappa shape index (κ3) is 5.54. The molecule has 0 atom stereocenters. The number of guanidine groups is 1. The fraction of sp³-hybridized carbons (Fsp3) is 0.444. The summed E-state index contributed by atoms with van der Waals surface area (Å²) < 4.78 is 13.1. The van der Waals surface area contributed by atoms with Crippen molar-refractivity contribution in [1.29, 1.82) is 0 Å². The zero-order valence-electron chi connectivity index (χ0n) is 15.1. The number of aliphatic imine (C=N–C) groups is 1. The Morgan fingerprint density at radius 3 is 2.50 bits per heavy atom. The molecule has 5 nitrogen and oxygen atoms in total. The van der Waals surface area contributed by atoms with Crippen LogP contribution in [-0.2, 0) is 6.42 Å². The van der Waals surface area contributed by atoms with Gasteiger partial charge < -0.3 is 15.1 Å². The van der Waals surface area contributed by atoms with Gasteiger partial charge in [-0.15, -0.1) is 35.3 Å². The van der Waals surface area contributed by atoms with Crippen LogP contribution in [0.5, 0.6) is 0 Å². The molecular formula is C18H25FIN5S. The number of hydrogen-bond donors (Lipinski definition) is 1. The van der Waals surface area contributed by atoms with Gasteiger partial charge in [0.25, 0.3) is 0 Å². The third-order valence-corrected chi connectivity index (χ3v) is 5.25. The molecule has 1 aromatic carbocycles. The van der Waals surface area contributed by atoms with Crippen molar-refractivity contribution < 1.29 is 4.39 Å². The van der Waals surface area contributed by atoms with Crippen molar-refractivity contribution in [3.05, 3.63) is 46.2 Å². The minimum atomic E-state index is -0.192. The number of halogens is 2. The van der Waals surface area contributed by atoms with Crippen LogP contribution in [0.3, 0.4) is 0 Å². The fourth-order valence-electron chi connectivity index (χ4n) is 2.96. The normalized spacial score (nSPS) is 15.0. The van der Waals surface area contributed by atoms with Crippen LogP contribution >= 0.6 is 35.3 Å². The third-order valence-electron chi connectivity index (χ3n) is 4.27. The van der Waals surface area contributed by atoms with E-state index in [2.05, 4.69) is 32.0 Å². The van der Waals surface area contributed by atoms with Gasteiger partial charge >= 0.3 is 0 Å². The Hall–Kier alpha value is -1.42. The molecule has 1 aromatic heterocycles. The average Bonchev–Trinajstić information content (AvgIpc) is 3.05. The summed E-state index contributed by atoms with van der Waals surface area (Å²) in [4.78, 5) is 14.6. The van der Waals surface area contributed by atoms with Crippen LogP contribution < -0.4 is 10.2 Å². The van der Waals surface area contributed by atoms with E-state index < -0.39 is 0 Å². The van der Waals surface area contributed by atoms with Crippen LogP contribution in [0.1, 0.15) is 9.88 Å². The SMILES string of the molecule is CN=C(NCCc1ncc(C)s1)N1CCN(c2ccc(F)cc2)CC1.I. The average molecular weight is 489 g/mol. The van der Waals surface area contributed by atoms with Crippen molar-refractivity contribution in [3.63, 3.8) is 0 Å². The summed E-state index contributed by atoms with van der Waals surface area (Å²) in [6, 6.07) is 6.72. The van der Waals surface area contributed by atoms with E-state index in [4.69, 9.17) is 0 Å². The van der Waals surface area contributed by atoms with Gasteiger partial charge in [0.15, 0.2) is 5.96 Å². The summed E-state index contributed by atoms with van der Waals surface area (Å²) in [5.41, 5.74) is 1.07. The summed E-state index contributed by atoms with van der Waals surface area (Å²) >= 11 is 1.74. The maximum Gasteiger partial charge on any atom is 0.193 e. The van der Waals surface area contributed by atoms with Gasteiger partial charge in [0.1, 0.15) is 5.82 Å². The van der Waals surface area contributed by atoms with Crippen molar-refractivity contribution >= 4 is 47.0 Å². The second kappa shape index (κ2) is 10.1. The van der Waals surface area contributed by atoms with Crippen LogP contribution in [-0.4, -0.2) is 55.6 Å². The summed E-state index contributed by atoms with van der Waals surface area (Å²) in [5, 5.41) is 4.59. The van der Waals surface area contributed by atoms with E-state index in [0.29, 0.717) is 0 Å². The van der Waals surface area contributed by atoms with E-state index in [9.17, 15) is 4.39 Å². The molecule has 1 aliphatic heterocycles. The van der Waals surface area contributed by atoms with E-state index in [1.165, 1.54) is 17.0 Å². The highest BCUT2D eigenvalue weighted by molar-refractivity contribution is 14.0. The molecule has 0 saturated carbocycles. The second-order valence-electron chi connectivity index (χ2n) is 6.04. The van der Waals surface area contributed by atoms with Crippen LogP contribution in [0.2, 0.25) is 0 Å². The Morgan fingerprint density at radius 1 is 1.23 bits per heavy atom. The van der Waals surface area contributed by atoms with Crippen molar-refractivity contribution in [3.8, 4) is 0 Å². The lowest BCUT2D eigenvalue weighted by Gasteiger charge is -2.37. The zero-order chi connectivity index (χ0) is 17.6. The standard InChI is InChI=1S/C18H24FN5S.HI/c1-14-13-22-17(25-14)7-8-21-18(20-2)24-11-9-23(10-12-24)16-5-3-15(19)4-6-16;/h3-6,13H,7-12H2,1-2H3,(H,20,21);1H. The molecule has 2 aromatic rings. The fourth-order valence-corrected chi connectivity index (χ4v) is 3.75. The molecule has 1 saturated heterocycles. The highest BCUT2D eigenvalue weighted by Gasteiger charge is 2.19. The first-order valence-corrected chi connectivity index (χ1v) is 9.35. The highest BCUT2D eigenvalue weighted by Crippen LogP contribution is 2.17. The Bertz CT molecular complexity index is 711. The van der Waals surface area contributed by atoms with Crippen molar-refractivity contribution in [2.75, 3.05) is 44.7 Å². The molecule has 0 amide bonds. The van der Waals surface area contributed by atoms with Gasteiger partial charge in [-0.1, -0.05) is 0 Å². The quantitative estimate of drug-likeness (QED) is 0.407. The number of anilines is 1. The van der Waals surface area contributed by atoms with Crippen molar-refractivity contribution in [2.45, 2.75) is 13.3 Å². The van der Waals surface area contributed by atoms with E-state index >= 15 is 0 Å². The Labute approximate surface area is 175 Å². The van der Waals surface area contributed by atoms with Crippen LogP contribution in [0.4, 0.5) is 10.1 Å². The minimum absolute atomic E-state index is 0. The first-order chi connectivity index (χ1) is 12.2. The lowest BCUT2D eigenvalue weighted by molar-refractivity contribution is 0.373. The molecule has 1 fully saturated rings. The summed E-state index contributed by atoms with van der Waals surface area (Å²) in [7, 11) is 1.82. The molecule has 1 N–H and O–H groups in total. The molecule has 0 spiro atoms. The van der Waals surface area contributed by atoms with Crippen LogP contribution in [0, 0.1) is 12.7 Å². The molecule has 2 heterocycles. The Morgan fingerprint density at radius 2 is 1.92 bits per heavy atom. The molecule has 0 unspecified atom stereocenters. The first-order valence-electron chi connectivity index (χ1n) is 8.53. The van der Waals surface area contributed by atoms with Crippen molar-refractivity contribution in [1.82, 2.24) is 15.2 Å². The molecule has 8 heteroatoms. The first kappa shape index (κ1) is 20.9. The Kier molecular flexibility index (Phi) is 8.08. The number of nitrogens with zero attached hydrogens (tertiary/aromatic N) is 4. The highest BCUT2D eigenvalue weighted by atomic mass is 127. The van der Waals surface area contributed by atoms with Gasteiger partial charge in [-0.25, -0.2) is 9.37 Å². The van der Waals surface area contributed by atoms with Gasteiger partial charge in [-0.2, -0.15) is 0 Å². The number of aromatic nitrogens is 1. The van der Waals surface area contributed by atoms with Gasteiger partial charge in [0.2, 0.25) is 0 Å². The van der Waals surface area contributed by atoms with Gasteiger partial charge in [-0.3, -0.25) is 4.99 Å². The number of benzene rings is 1. The second-order valence-corrected chi connectivity index (χ2v) is 7.36. The predicted molar refractivity (Wildman–Crippen MR) is 118 cm³/mol. The number of piperazine rings is 1. The number of hydrogen-bond acceptors (Lipinski definition) is 4. The predicted octanol–water partition coefficient (Wildman–Crippen LogP) is 3.15. The molecular weight excluding hydrogens is 464 g/mol. The van der Waals surface area contributed by atoms with E-state index in [1.54, 1.807) is 11.3 Å². The largest absolute Gasteiger partial charge is 0.368 e. The summed E-state index contributed by atoms with van der Waals surface area (Å²) in [6.07, 6.45) is 2.83. The maximum atomic E-state index is 13.1. The molecule has 26 heavy (non-hydrogen) atoms. The number of nitrogens with one attached hydrogen (secondary N) is 1. The molecule has 142 valence electrons. The monoisotopic (exact) mass is 489 g/mol. The number of aryl methyl sites for hydroxylation is 1. The van der Waals surface area contributed by atoms with E-state index in [1.807, 2.05) is 25.4 Å². The molecule has 0 aliphatic carbocycles. The van der Waals surface area contributed by atoms with Crippen LogP contribution in [0.25, 0.3) is 0 Å². The van der Waals surface area contributed by atoms with Gasteiger partial charge in [-0.05, 0) is 31.2 Å². The Balaban J connectivity index is 0.00000243. The van der Waals surface area contributed by atoms with E-state index in [-0.39, 0.29) is 29.8 Å². The molecule has 3 rings (SSSR count). The molecule has 1 aliphatic rings. The maximum absolute atomic E-state index is 13.1. The number of rotatable bonds is 4. The summed E-state index contributed by atoms with van der Waals surface area (Å²) in [5.74, 6) is 0.745. The minimum Gasteiger partial charge on any atom is -0.368 e.